The second-order valence-corrected chi connectivity index (χ2v) is 7.74. The van der Waals surface area contributed by atoms with Gasteiger partial charge in [0.25, 0.3) is 0 Å². The number of esters is 1. The zero-order chi connectivity index (χ0) is 24.5. The van der Waals surface area contributed by atoms with Crippen LogP contribution in [0.15, 0.2) is 79.4 Å². The van der Waals surface area contributed by atoms with Crippen LogP contribution in [-0.4, -0.2) is 38.4 Å². The molecule has 180 valence electrons. The van der Waals surface area contributed by atoms with Crippen molar-refractivity contribution in [2.24, 2.45) is 0 Å². The molecule has 0 aromatic heterocycles. The summed E-state index contributed by atoms with van der Waals surface area (Å²) in [6.07, 6.45) is 5.88. The highest BCUT2D eigenvalue weighted by Crippen LogP contribution is 2.43. The number of ether oxygens (including phenoxy) is 4. The highest BCUT2D eigenvalue weighted by atomic mass is 16.6. The Labute approximate surface area is 203 Å². The Bertz CT molecular complexity index is 1240. The molecule has 0 fully saturated rings. The lowest BCUT2D eigenvalue weighted by Gasteiger charge is -2.23. The van der Waals surface area contributed by atoms with Crippen LogP contribution in [0.5, 0.6) is 17.2 Å². The van der Waals surface area contributed by atoms with E-state index in [1.165, 1.54) is 0 Å². The summed E-state index contributed by atoms with van der Waals surface area (Å²) in [5, 5.41) is 4.27. The molecule has 0 radical (unpaired) electrons. The van der Waals surface area contributed by atoms with Crippen molar-refractivity contribution < 1.29 is 28.5 Å². The third kappa shape index (κ3) is 6.00. The smallest absolute Gasteiger partial charge is 0.412 e. The Hall–Kier alpha value is -4.26. The summed E-state index contributed by atoms with van der Waals surface area (Å²) < 4.78 is 22.7. The van der Waals surface area contributed by atoms with Gasteiger partial charge in [0.2, 0.25) is 0 Å². The summed E-state index contributed by atoms with van der Waals surface area (Å²) in [5.41, 5.74) is 1.91. The van der Waals surface area contributed by atoms with Gasteiger partial charge < -0.3 is 24.3 Å². The molecular formula is C28H27NO6. The minimum absolute atomic E-state index is 0.0272. The maximum absolute atomic E-state index is 12.5. The van der Waals surface area contributed by atoms with Crippen LogP contribution in [0, 0.1) is 0 Å². The van der Waals surface area contributed by atoms with E-state index in [2.05, 4.69) is 24.0 Å². The minimum atomic E-state index is -0.619. The second-order valence-electron chi connectivity index (χ2n) is 7.74. The first-order valence-electron chi connectivity index (χ1n) is 11.4. The average molecular weight is 474 g/mol. The van der Waals surface area contributed by atoms with Gasteiger partial charge in [-0.15, -0.1) is 0 Å². The summed E-state index contributed by atoms with van der Waals surface area (Å²) in [6, 6.07) is 17.3. The fourth-order valence-corrected chi connectivity index (χ4v) is 3.91. The summed E-state index contributed by atoms with van der Waals surface area (Å²) >= 11 is 0. The van der Waals surface area contributed by atoms with E-state index in [9.17, 15) is 9.59 Å². The molecule has 1 aliphatic carbocycles. The van der Waals surface area contributed by atoms with Crippen molar-refractivity contribution in [3.05, 3.63) is 90.5 Å². The van der Waals surface area contributed by atoms with Gasteiger partial charge in [0.05, 0.1) is 6.54 Å². The Kier molecular flexibility index (Phi) is 8.01. The predicted octanol–water partition coefficient (Wildman–Crippen LogP) is 4.77. The molecule has 3 aromatic carbocycles. The highest BCUT2D eigenvalue weighted by Gasteiger charge is 2.23. The van der Waals surface area contributed by atoms with Crippen molar-refractivity contribution >= 4 is 22.8 Å². The number of amides is 1. The van der Waals surface area contributed by atoms with Crippen LogP contribution in [-0.2, 0) is 22.4 Å². The Morgan fingerprint density at radius 3 is 2.17 bits per heavy atom. The largest absolute Gasteiger partial charge is 0.490 e. The van der Waals surface area contributed by atoms with Crippen LogP contribution >= 0.6 is 0 Å². The number of carbonyl (C=O) groups is 2. The normalized spacial score (nSPS) is 11.9. The highest BCUT2D eigenvalue weighted by molar-refractivity contribution is 5.97. The number of fused-ring (bicyclic) bond motifs is 2. The van der Waals surface area contributed by atoms with Gasteiger partial charge in [-0.05, 0) is 25.0 Å². The monoisotopic (exact) mass is 473 g/mol. The Morgan fingerprint density at radius 1 is 0.829 bits per heavy atom. The van der Waals surface area contributed by atoms with Gasteiger partial charge in [-0.1, -0.05) is 61.2 Å². The molecule has 0 unspecified atom stereocenters. The summed E-state index contributed by atoms with van der Waals surface area (Å²) in [7, 11) is 0. The first kappa shape index (κ1) is 23.9. The van der Waals surface area contributed by atoms with E-state index in [4.69, 9.17) is 18.9 Å². The fourth-order valence-electron chi connectivity index (χ4n) is 3.91. The predicted molar refractivity (Wildman–Crippen MR) is 133 cm³/mol. The van der Waals surface area contributed by atoms with E-state index < -0.39 is 12.1 Å². The Morgan fingerprint density at radius 2 is 1.46 bits per heavy atom. The van der Waals surface area contributed by atoms with E-state index in [1.807, 2.05) is 54.6 Å². The van der Waals surface area contributed by atoms with Crippen LogP contribution in [0.2, 0.25) is 0 Å². The first-order valence-corrected chi connectivity index (χ1v) is 11.4. The molecule has 4 rings (SSSR count). The van der Waals surface area contributed by atoms with Gasteiger partial charge in [-0.25, -0.2) is 9.59 Å². The molecule has 0 spiro atoms. The van der Waals surface area contributed by atoms with Gasteiger partial charge in [0.15, 0.2) is 0 Å². The molecule has 1 aliphatic rings. The van der Waals surface area contributed by atoms with Crippen LogP contribution in [0.3, 0.4) is 0 Å². The van der Waals surface area contributed by atoms with Crippen molar-refractivity contribution in [3.63, 3.8) is 0 Å². The molecule has 35 heavy (non-hydrogen) atoms. The maximum Gasteiger partial charge on any atom is 0.412 e. The van der Waals surface area contributed by atoms with E-state index in [0.29, 0.717) is 31.8 Å². The molecule has 0 saturated heterocycles. The molecule has 1 N–H and O–H groups in total. The number of para-hydroxylation sites is 1. The third-order valence-corrected chi connectivity index (χ3v) is 5.46. The van der Waals surface area contributed by atoms with E-state index in [-0.39, 0.29) is 13.2 Å². The maximum atomic E-state index is 12.5. The standard InChI is InChI=1S/C28H27NO6/c1-2-25(30)33-17-16-29-28(31)35-27-23-14-8-6-12-21(23)26(22-13-7-9-15-24(22)27)34-19-18-32-20-10-4-3-5-11-20/h2-12,14H,1,13,15-19H2,(H,29,31). The van der Waals surface area contributed by atoms with Crippen molar-refractivity contribution in [2.75, 3.05) is 26.4 Å². The van der Waals surface area contributed by atoms with Gasteiger partial charge >= 0.3 is 12.1 Å². The van der Waals surface area contributed by atoms with Crippen molar-refractivity contribution in [3.8, 4) is 17.2 Å². The van der Waals surface area contributed by atoms with E-state index in [1.54, 1.807) is 0 Å². The van der Waals surface area contributed by atoms with Gasteiger partial charge in [-0.2, -0.15) is 0 Å². The molecule has 7 nitrogen and oxygen atoms in total. The van der Waals surface area contributed by atoms with Gasteiger partial charge in [-0.3, -0.25) is 0 Å². The molecule has 3 aromatic rings. The van der Waals surface area contributed by atoms with E-state index >= 15 is 0 Å². The molecule has 7 heteroatoms. The lowest BCUT2D eigenvalue weighted by atomic mass is 9.90. The molecule has 0 aliphatic heterocycles. The van der Waals surface area contributed by atoms with Crippen LogP contribution in [0.25, 0.3) is 10.8 Å². The van der Waals surface area contributed by atoms with Crippen LogP contribution in [0.1, 0.15) is 11.1 Å². The zero-order valence-corrected chi connectivity index (χ0v) is 19.3. The van der Waals surface area contributed by atoms with Crippen molar-refractivity contribution in [1.82, 2.24) is 5.32 Å². The summed E-state index contributed by atoms with van der Waals surface area (Å²) in [4.78, 5) is 23.7. The topological polar surface area (TPSA) is 83.1 Å². The lowest BCUT2D eigenvalue weighted by Crippen LogP contribution is -2.31. The molecule has 0 bridgehead atoms. The van der Waals surface area contributed by atoms with Gasteiger partial charge in [0, 0.05) is 28.0 Å². The fraction of sp³-hybridized carbons (Fsp3) is 0.214. The first-order chi connectivity index (χ1) is 17.2. The molecule has 0 heterocycles. The van der Waals surface area contributed by atoms with Crippen molar-refractivity contribution in [2.45, 2.75) is 12.8 Å². The molecule has 0 atom stereocenters. The Balaban J connectivity index is 1.51. The SMILES string of the molecule is C=CC(=O)OCCNC(=O)Oc1c2c(c(OCCOc3ccccc3)c3ccccc13)CC=CC2. The van der Waals surface area contributed by atoms with Gasteiger partial charge in [0.1, 0.15) is 37.1 Å². The number of hydrogen-bond acceptors (Lipinski definition) is 6. The summed E-state index contributed by atoms with van der Waals surface area (Å²) in [6.45, 7) is 4.27. The minimum Gasteiger partial charge on any atom is -0.490 e. The number of rotatable bonds is 10. The van der Waals surface area contributed by atoms with Crippen LogP contribution < -0.4 is 19.5 Å². The summed E-state index contributed by atoms with van der Waals surface area (Å²) in [5.74, 6) is 1.53. The lowest BCUT2D eigenvalue weighted by molar-refractivity contribution is -0.137. The molecule has 1 amide bonds. The molecule has 0 saturated carbocycles. The number of benzene rings is 3. The van der Waals surface area contributed by atoms with Crippen LogP contribution in [0.4, 0.5) is 4.79 Å². The second kappa shape index (κ2) is 11.7. The average Bonchev–Trinajstić information content (AvgIpc) is 2.90. The third-order valence-electron chi connectivity index (χ3n) is 5.46. The van der Waals surface area contributed by atoms with Crippen molar-refractivity contribution in [1.29, 1.82) is 0 Å². The number of allylic oxidation sites excluding steroid dienone is 2. The number of nitrogens with one attached hydrogen (secondary N) is 1. The van der Waals surface area contributed by atoms with E-state index in [0.717, 1.165) is 39.5 Å². The quantitative estimate of drug-likeness (QED) is 0.198. The number of carbonyl (C=O) groups excluding carboxylic acids is 2. The molecular weight excluding hydrogens is 446 g/mol. The zero-order valence-electron chi connectivity index (χ0n) is 19.3. The number of hydrogen-bond donors (Lipinski definition) is 1.